The monoisotopic (exact) mass is 262 g/mol. The predicted molar refractivity (Wildman–Crippen MR) is 79.0 cm³/mol. The number of allylic oxidation sites excluding steroid dienone is 1. The third-order valence-electron chi connectivity index (χ3n) is 4.08. The van der Waals surface area contributed by atoms with E-state index in [9.17, 15) is 4.79 Å². The molecule has 3 heteroatoms. The second kappa shape index (κ2) is 7.49. The first kappa shape index (κ1) is 14.3. The lowest BCUT2D eigenvalue weighted by molar-refractivity contribution is -0.118. The van der Waals surface area contributed by atoms with E-state index in [0.717, 1.165) is 25.9 Å². The minimum absolute atomic E-state index is 0.0767. The summed E-state index contributed by atoms with van der Waals surface area (Å²) in [6.07, 6.45) is 14.4. The molecule has 0 spiro atoms. The minimum atomic E-state index is 0.0767. The van der Waals surface area contributed by atoms with Crippen LogP contribution in [0.3, 0.4) is 0 Å². The molecule has 2 rings (SSSR count). The fourth-order valence-corrected chi connectivity index (χ4v) is 2.93. The van der Waals surface area contributed by atoms with Crippen molar-refractivity contribution in [1.82, 2.24) is 10.2 Å². The summed E-state index contributed by atoms with van der Waals surface area (Å²) < 4.78 is 0. The van der Waals surface area contributed by atoms with Gasteiger partial charge in [-0.3, -0.25) is 9.69 Å². The van der Waals surface area contributed by atoms with Crippen LogP contribution in [0.4, 0.5) is 0 Å². The molecule has 1 heterocycles. The Labute approximate surface area is 116 Å². The van der Waals surface area contributed by atoms with E-state index in [0.29, 0.717) is 6.04 Å². The molecule has 0 bridgehead atoms. The molecule has 2 aliphatic rings. The van der Waals surface area contributed by atoms with Crippen molar-refractivity contribution in [3.8, 4) is 0 Å². The van der Waals surface area contributed by atoms with Gasteiger partial charge in [-0.15, -0.1) is 0 Å². The lowest BCUT2D eigenvalue weighted by atomic mass is 9.97. The maximum atomic E-state index is 10.8. The average molecular weight is 262 g/mol. The zero-order chi connectivity index (χ0) is 13.5. The summed E-state index contributed by atoms with van der Waals surface area (Å²) in [7, 11) is 0. The molecular formula is C16H26N2O. The van der Waals surface area contributed by atoms with E-state index in [1.807, 2.05) is 0 Å². The van der Waals surface area contributed by atoms with E-state index >= 15 is 0 Å². The minimum Gasteiger partial charge on any atom is -0.356 e. The number of carbonyl (C=O) groups is 1. The first-order valence-corrected chi connectivity index (χ1v) is 7.59. The van der Waals surface area contributed by atoms with Gasteiger partial charge in [-0.25, -0.2) is 0 Å². The molecule has 106 valence electrons. The molecule has 1 N–H and O–H groups in total. The van der Waals surface area contributed by atoms with Gasteiger partial charge < -0.3 is 5.32 Å². The van der Waals surface area contributed by atoms with Crippen molar-refractivity contribution in [3.05, 3.63) is 23.8 Å². The summed E-state index contributed by atoms with van der Waals surface area (Å²) in [5.74, 6) is 0.0767. The summed E-state index contributed by atoms with van der Waals surface area (Å²) in [5.41, 5.74) is 1.57. The van der Waals surface area contributed by atoms with Gasteiger partial charge in [0.1, 0.15) is 0 Å². The normalized spacial score (nSPS) is 24.1. The summed E-state index contributed by atoms with van der Waals surface area (Å²) >= 11 is 0. The van der Waals surface area contributed by atoms with Gasteiger partial charge in [0.2, 0.25) is 5.91 Å². The first-order valence-electron chi connectivity index (χ1n) is 7.59. The Hall–Kier alpha value is -1.09. The van der Waals surface area contributed by atoms with E-state index in [1.165, 1.54) is 32.2 Å². The summed E-state index contributed by atoms with van der Waals surface area (Å²) in [4.78, 5) is 13.4. The molecule has 19 heavy (non-hydrogen) atoms. The zero-order valence-electron chi connectivity index (χ0n) is 12.0. The van der Waals surface area contributed by atoms with E-state index in [1.54, 1.807) is 12.5 Å². The predicted octanol–water partition coefficient (Wildman–Crippen LogP) is 2.64. The standard InChI is InChI=1S/C16H26N2O/c1-14(19)17-11-5-6-15-9-12-18(13-10-15)16-7-3-2-4-8-16/h3,7,9,16H,2,4-6,8,10-13H2,1H3,(H,17,19)/t16-/m1/s1. The van der Waals surface area contributed by atoms with Gasteiger partial charge in [-0.2, -0.15) is 0 Å². The van der Waals surface area contributed by atoms with Crippen LogP contribution in [-0.2, 0) is 4.79 Å². The molecule has 0 radical (unpaired) electrons. The van der Waals surface area contributed by atoms with Crippen LogP contribution in [0.15, 0.2) is 23.8 Å². The van der Waals surface area contributed by atoms with Gasteiger partial charge in [0.25, 0.3) is 0 Å². The molecule has 3 nitrogen and oxygen atoms in total. The second-order valence-electron chi connectivity index (χ2n) is 5.62. The fraction of sp³-hybridized carbons (Fsp3) is 0.688. The Morgan fingerprint density at radius 2 is 2.42 bits per heavy atom. The fourth-order valence-electron chi connectivity index (χ4n) is 2.93. The lowest BCUT2D eigenvalue weighted by Gasteiger charge is -2.33. The van der Waals surface area contributed by atoms with Crippen molar-refractivity contribution in [1.29, 1.82) is 0 Å². The topological polar surface area (TPSA) is 32.3 Å². The third kappa shape index (κ3) is 4.83. The summed E-state index contributed by atoms with van der Waals surface area (Å²) in [6.45, 7) is 4.68. The van der Waals surface area contributed by atoms with Crippen LogP contribution in [0.2, 0.25) is 0 Å². The Bertz CT molecular complexity index is 360. The molecular weight excluding hydrogens is 236 g/mol. The number of hydrogen-bond acceptors (Lipinski definition) is 2. The van der Waals surface area contributed by atoms with E-state index in [4.69, 9.17) is 0 Å². The van der Waals surface area contributed by atoms with E-state index in [-0.39, 0.29) is 5.91 Å². The highest BCUT2D eigenvalue weighted by atomic mass is 16.1. The highest BCUT2D eigenvalue weighted by Crippen LogP contribution is 2.22. The van der Waals surface area contributed by atoms with E-state index in [2.05, 4.69) is 28.4 Å². The molecule has 0 aromatic heterocycles. The van der Waals surface area contributed by atoms with Crippen LogP contribution in [-0.4, -0.2) is 36.5 Å². The van der Waals surface area contributed by atoms with Crippen molar-refractivity contribution >= 4 is 5.91 Å². The molecule has 0 aromatic rings. The molecule has 1 atom stereocenters. The summed E-state index contributed by atoms with van der Waals surface area (Å²) in [6, 6.07) is 0.672. The van der Waals surface area contributed by atoms with Gasteiger partial charge in [0.15, 0.2) is 0 Å². The smallest absolute Gasteiger partial charge is 0.216 e. The maximum Gasteiger partial charge on any atom is 0.216 e. The molecule has 1 amide bonds. The molecule has 0 aromatic carbocycles. The number of nitrogens with one attached hydrogen (secondary N) is 1. The van der Waals surface area contributed by atoms with Crippen LogP contribution in [0.1, 0.15) is 45.4 Å². The van der Waals surface area contributed by atoms with Crippen molar-refractivity contribution in [2.45, 2.75) is 51.5 Å². The highest BCUT2D eigenvalue weighted by Gasteiger charge is 2.19. The quantitative estimate of drug-likeness (QED) is 0.610. The Morgan fingerprint density at radius 3 is 3.05 bits per heavy atom. The zero-order valence-corrected chi connectivity index (χ0v) is 12.0. The third-order valence-corrected chi connectivity index (χ3v) is 4.08. The van der Waals surface area contributed by atoms with Gasteiger partial charge in [0.05, 0.1) is 0 Å². The van der Waals surface area contributed by atoms with Crippen molar-refractivity contribution in [2.24, 2.45) is 0 Å². The molecule has 1 aliphatic heterocycles. The molecule has 0 unspecified atom stereocenters. The van der Waals surface area contributed by atoms with Crippen LogP contribution in [0.25, 0.3) is 0 Å². The molecule has 0 saturated carbocycles. The molecule has 0 saturated heterocycles. The molecule has 0 fully saturated rings. The van der Waals surface area contributed by atoms with Gasteiger partial charge in [-0.05, 0) is 38.5 Å². The highest BCUT2D eigenvalue weighted by molar-refractivity contribution is 5.72. The van der Waals surface area contributed by atoms with Gasteiger partial charge in [0, 0.05) is 32.6 Å². The number of carbonyl (C=O) groups excluding carboxylic acids is 1. The van der Waals surface area contributed by atoms with Crippen LogP contribution in [0.5, 0.6) is 0 Å². The average Bonchev–Trinajstić information content (AvgIpc) is 2.45. The van der Waals surface area contributed by atoms with Crippen LogP contribution >= 0.6 is 0 Å². The number of rotatable bonds is 5. The SMILES string of the molecule is CC(=O)NCCCC1=CCN([C@@H]2C=CCCC2)CC1. The van der Waals surface area contributed by atoms with Gasteiger partial charge in [-0.1, -0.05) is 23.8 Å². The van der Waals surface area contributed by atoms with E-state index < -0.39 is 0 Å². The van der Waals surface area contributed by atoms with Crippen molar-refractivity contribution in [3.63, 3.8) is 0 Å². The van der Waals surface area contributed by atoms with Crippen LogP contribution < -0.4 is 5.32 Å². The molecule has 1 aliphatic carbocycles. The largest absolute Gasteiger partial charge is 0.356 e. The maximum absolute atomic E-state index is 10.8. The summed E-state index contributed by atoms with van der Waals surface area (Å²) in [5, 5.41) is 2.86. The Kier molecular flexibility index (Phi) is 5.64. The number of hydrogen-bond donors (Lipinski definition) is 1. The van der Waals surface area contributed by atoms with Crippen molar-refractivity contribution < 1.29 is 4.79 Å². The number of amides is 1. The van der Waals surface area contributed by atoms with Gasteiger partial charge >= 0.3 is 0 Å². The van der Waals surface area contributed by atoms with Crippen LogP contribution in [0, 0.1) is 0 Å². The second-order valence-corrected chi connectivity index (χ2v) is 5.62. The number of nitrogens with zero attached hydrogens (tertiary/aromatic N) is 1. The Morgan fingerprint density at radius 1 is 1.53 bits per heavy atom. The Balaban J connectivity index is 1.69. The lowest BCUT2D eigenvalue weighted by Crippen LogP contribution is -2.38. The van der Waals surface area contributed by atoms with Crippen molar-refractivity contribution in [2.75, 3.05) is 19.6 Å². The first-order chi connectivity index (χ1) is 9.25.